The molecular weight excluding hydrogens is 528 g/mol. The molecule has 0 aromatic rings. The molecule has 0 aromatic carbocycles. The van der Waals surface area contributed by atoms with Crippen LogP contribution in [-0.4, -0.2) is 57.4 Å². The van der Waals surface area contributed by atoms with Gasteiger partial charge in [-0.2, -0.15) is 65.5 Å². The number of hydrogen-bond acceptors (Lipinski definition) is 6. The second-order valence-corrected chi connectivity index (χ2v) is 6.23. The van der Waals surface area contributed by atoms with E-state index in [9.17, 15) is 78.7 Å². The topological polar surface area (TPSA) is 71.1 Å². The van der Waals surface area contributed by atoms with E-state index in [1.807, 2.05) is 4.74 Å². The van der Waals surface area contributed by atoms with Gasteiger partial charge in [-0.25, -0.2) is 14.2 Å². The van der Waals surface area contributed by atoms with Crippen LogP contribution in [-0.2, 0) is 28.5 Å². The summed E-state index contributed by atoms with van der Waals surface area (Å²) in [5, 5.41) is 0. The SMILES string of the molecule is O=S(=O)(OCC(F)(F)OC(F)(F)C(F)(F)OC(F)(F)C(F)(F)OC(F)(F)F)C(F)(F)F. The van der Waals surface area contributed by atoms with Crippen molar-refractivity contribution >= 4 is 10.1 Å². The molecule has 188 valence electrons. The van der Waals surface area contributed by atoms with Gasteiger partial charge < -0.3 is 0 Å². The van der Waals surface area contributed by atoms with Crippen LogP contribution in [0.4, 0.5) is 70.2 Å². The third kappa shape index (κ3) is 7.94. The predicted molar refractivity (Wildman–Crippen MR) is 55.0 cm³/mol. The lowest BCUT2D eigenvalue weighted by Gasteiger charge is -2.33. The van der Waals surface area contributed by atoms with Gasteiger partial charge in [-0.05, 0) is 0 Å². The zero-order valence-corrected chi connectivity index (χ0v) is 13.9. The highest BCUT2D eigenvalue weighted by Gasteiger charge is 2.74. The fraction of sp³-hybridized carbons (Fsp3) is 1.00. The smallest absolute Gasteiger partial charge is 0.254 e. The number of hydrogen-bond donors (Lipinski definition) is 0. The lowest BCUT2D eigenvalue weighted by Crippen LogP contribution is -2.57. The Morgan fingerprint density at radius 2 is 0.839 bits per heavy atom. The zero-order valence-electron chi connectivity index (χ0n) is 13.1. The van der Waals surface area contributed by atoms with Crippen LogP contribution in [0.25, 0.3) is 0 Å². The Labute approximate surface area is 157 Å². The lowest BCUT2D eigenvalue weighted by atomic mass is 10.5. The Kier molecular flexibility index (Phi) is 7.87. The van der Waals surface area contributed by atoms with E-state index in [-0.39, 0.29) is 0 Å². The molecule has 23 heteroatoms. The molecule has 0 N–H and O–H groups in total. The molecule has 0 aromatic heterocycles. The molecule has 0 aliphatic carbocycles. The molecular formula is C8H2F16O6S. The van der Waals surface area contributed by atoms with Crippen LogP contribution in [0, 0.1) is 0 Å². The standard InChI is InChI=1S/C8H2F16O6S/c9-2(10,1-27-31(25,26)8(22,23)24)28-3(11,12)4(13,14)29-5(15,16)6(17,18)30-7(19,20)21/h1H2. The van der Waals surface area contributed by atoms with E-state index in [0.717, 1.165) is 0 Å². The molecule has 0 radical (unpaired) electrons. The highest BCUT2D eigenvalue weighted by Crippen LogP contribution is 2.48. The third-order valence-electron chi connectivity index (χ3n) is 2.12. The van der Waals surface area contributed by atoms with Gasteiger partial charge in [0.2, 0.25) is 0 Å². The Bertz CT molecular complexity index is 723. The molecule has 0 atom stereocenters. The molecule has 31 heavy (non-hydrogen) atoms. The van der Waals surface area contributed by atoms with Gasteiger partial charge in [-0.3, -0.25) is 4.18 Å². The van der Waals surface area contributed by atoms with Gasteiger partial charge in [0, 0.05) is 0 Å². The summed E-state index contributed by atoms with van der Waals surface area (Å²) in [5.74, 6) is 0. The Hall–Kier alpha value is -1.33. The molecule has 0 rings (SSSR count). The van der Waals surface area contributed by atoms with E-state index >= 15 is 0 Å². The van der Waals surface area contributed by atoms with Crippen molar-refractivity contribution in [1.29, 1.82) is 0 Å². The third-order valence-corrected chi connectivity index (χ3v) is 3.12. The van der Waals surface area contributed by atoms with E-state index in [1.54, 1.807) is 0 Å². The monoisotopic (exact) mass is 530 g/mol. The van der Waals surface area contributed by atoms with Gasteiger partial charge >= 0.3 is 52.5 Å². The van der Waals surface area contributed by atoms with Gasteiger partial charge in [0.15, 0.2) is 6.61 Å². The highest BCUT2D eigenvalue weighted by molar-refractivity contribution is 7.87. The molecule has 6 nitrogen and oxygen atoms in total. The van der Waals surface area contributed by atoms with E-state index in [1.165, 1.54) is 9.47 Å². The van der Waals surface area contributed by atoms with Crippen molar-refractivity contribution in [3.05, 3.63) is 0 Å². The second kappa shape index (κ2) is 8.22. The fourth-order valence-electron chi connectivity index (χ4n) is 0.974. The fourth-order valence-corrected chi connectivity index (χ4v) is 1.40. The average molecular weight is 530 g/mol. The first-order chi connectivity index (χ1) is 13.1. The Balaban J connectivity index is 5.56. The quantitative estimate of drug-likeness (QED) is 0.237. The highest BCUT2D eigenvalue weighted by atomic mass is 32.2. The minimum atomic E-state index is -7.36. The first-order valence-electron chi connectivity index (χ1n) is 6.09. The summed E-state index contributed by atoms with van der Waals surface area (Å²) in [6.07, 6.45) is -41.9. The van der Waals surface area contributed by atoms with Gasteiger partial charge in [0.1, 0.15) is 0 Å². The zero-order chi connectivity index (χ0) is 25.5. The molecule has 0 aliphatic rings. The summed E-state index contributed by atoms with van der Waals surface area (Å²) in [6.45, 7) is -3.44. The minimum absolute atomic E-state index is 1.39. The lowest BCUT2D eigenvalue weighted by molar-refractivity contribution is -0.564. The van der Waals surface area contributed by atoms with Gasteiger partial charge in [-0.15, -0.1) is 13.2 Å². The van der Waals surface area contributed by atoms with Crippen molar-refractivity contribution in [3.63, 3.8) is 0 Å². The summed E-state index contributed by atoms with van der Waals surface area (Å²) in [4.78, 5) is 0. The average Bonchev–Trinajstić information content (AvgIpc) is 2.38. The predicted octanol–water partition coefficient (Wildman–Crippen LogP) is 4.39. The van der Waals surface area contributed by atoms with Gasteiger partial charge in [0.05, 0.1) is 0 Å². The summed E-state index contributed by atoms with van der Waals surface area (Å²) in [5.41, 5.74) is -6.44. The van der Waals surface area contributed by atoms with Crippen LogP contribution in [0.1, 0.15) is 0 Å². The normalized spacial score (nSPS) is 16.0. The molecule has 0 spiro atoms. The number of ether oxygens (including phenoxy) is 3. The van der Waals surface area contributed by atoms with Crippen LogP contribution in [0.15, 0.2) is 0 Å². The Morgan fingerprint density at radius 1 is 0.516 bits per heavy atom. The van der Waals surface area contributed by atoms with Crippen LogP contribution < -0.4 is 0 Å². The summed E-state index contributed by atoms with van der Waals surface area (Å²) in [6, 6.07) is 0. The van der Waals surface area contributed by atoms with Crippen molar-refractivity contribution < 1.29 is 97.1 Å². The van der Waals surface area contributed by atoms with Crippen LogP contribution in [0.2, 0.25) is 0 Å². The van der Waals surface area contributed by atoms with Crippen LogP contribution in [0.5, 0.6) is 0 Å². The minimum Gasteiger partial charge on any atom is -0.254 e. The number of alkyl halides is 16. The van der Waals surface area contributed by atoms with Crippen molar-refractivity contribution in [1.82, 2.24) is 0 Å². The molecule has 0 aliphatic heterocycles. The maximum absolute atomic E-state index is 13.0. The van der Waals surface area contributed by atoms with E-state index in [2.05, 4.69) is 4.18 Å². The maximum atomic E-state index is 13.0. The van der Waals surface area contributed by atoms with E-state index < -0.39 is 59.1 Å². The van der Waals surface area contributed by atoms with E-state index in [0.29, 0.717) is 0 Å². The number of rotatable bonds is 10. The van der Waals surface area contributed by atoms with Crippen LogP contribution in [0.3, 0.4) is 0 Å². The van der Waals surface area contributed by atoms with Crippen LogP contribution >= 0.6 is 0 Å². The number of halogens is 16. The molecule has 0 amide bonds. The molecule has 0 fully saturated rings. The second-order valence-electron chi connectivity index (χ2n) is 4.62. The van der Waals surface area contributed by atoms with Gasteiger partial charge in [-0.1, -0.05) is 0 Å². The van der Waals surface area contributed by atoms with Crippen molar-refractivity contribution in [3.8, 4) is 0 Å². The summed E-state index contributed by atoms with van der Waals surface area (Å²) < 4.78 is 226. The van der Waals surface area contributed by atoms with Gasteiger partial charge in [0.25, 0.3) is 0 Å². The van der Waals surface area contributed by atoms with Crippen molar-refractivity contribution in [2.75, 3.05) is 6.61 Å². The maximum Gasteiger partial charge on any atom is 0.527 e. The Morgan fingerprint density at radius 3 is 1.16 bits per heavy atom. The molecule has 0 saturated carbocycles. The molecule has 0 saturated heterocycles. The summed E-state index contributed by atoms with van der Waals surface area (Å²) >= 11 is 0. The largest absolute Gasteiger partial charge is 0.527 e. The van der Waals surface area contributed by atoms with Crippen molar-refractivity contribution in [2.45, 2.75) is 42.4 Å². The first-order valence-corrected chi connectivity index (χ1v) is 7.50. The first kappa shape index (κ1) is 29.7. The molecule has 0 bridgehead atoms. The van der Waals surface area contributed by atoms with E-state index in [4.69, 9.17) is 0 Å². The molecule has 0 unspecified atom stereocenters. The summed E-state index contributed by atoms with van der Waals surface area (Å²) in [7, 11) is -6.95. The van der Waals surface area contributed by atoms with Crippen molar-refractivity contribution in [2.24, 2.45) is 0 Å². The molecule has 0 heterocycles.